The number of furan rings is 1. The SMILES string of the molecule is CCc1ccccc1-n1cnnc1SCC(=O)NCCNC(=O)c1ccco1. The molecule has 2 aromatic heterocycles. The lowest BCUT2D eigenvalue weighted by Gasteiger charge is -2.10. The predicted molar refractivity (Wildman–Crippen MR) is 106 cm³/mol. The Labute approximate surface area is 166 Å². The van der Waals surface area contributed by atoms with Crippen LogP contribution in [0, 0.1) is 0 Å². The lowest BCUT2D eigenvalue weighted by Crippen LogP contribution is -2.35. The summed E-state index contributed by atoms with van der Waals surface area (Å²) < 4.78 is 6.89. The van der Waals surface area contributed by atoms with Crippen LogP contribution in [0.25, 0.3) is 5.69 Å². The number of nitrogens with zero attached hydrogens (tertiary/aromatic N) is 3. The van der Waals surface area contributed by atoms with E-state index in [1.54, 1.807) is 18.5 Å². The summed E-state index contributed by atoms with van der Waals surface area (Å²) in [6.07, 6.45) is 3.98. The lowest BCUT2D eigenvalue weighted by molar-refractivity contribution is -0.118. The monoisotopic (exact) mass is 399 g/mol. The molecule has 0 aliphatic heterocycles. The minimum atomic E-state index is -0.309. The van der Waals surface area contributed by atoms with Crippen LogP contribution >= 0.6 is 11.8 Å². The molecule has 0 saturated heterocycles. The molecule has 3 rings (SSSR count). The Bertz CT molecular complexity index is 923. The molecule has 0 atom stereocenters. The average molecular weight is 399 g/mol. The minimum absolute atomic E-state index is 0.143. The number of benzene rings is 1. The van der Waals surface area contributed by atoms with E-state index in [1.165, 1.54) is 23.6 Å². The smallest absolute Gasteiger partial charge is 0.287 e. The maximum absolute atomic E-state index is 12.1. The third-order valence-electron chi connectivity index (χ3n) is 3.96. The Kier molecular flexibility index (Phi) is 6.85. The molecule has 2 N–H and O–H groups in total. The number of para-hydroxylation sites is 1. The lowest BCUT2D eigenvalue weighted by atomic mass is 10.1. The standard InChI is InChI=1S/C19H21N5O3S/c1-2-14-6-3-4-7-15(14)24-13-22-23-19(24)28-12-17(25)20-9-10-21-18(26)16-8-5-11-27-16/h3-8,11,13H,2,9-10,12H2,1H3,(H,20,25)(H,21,26). The second-order valence-corrected chi connectivity index (χ2v) is 6.78. The van der Waals surface area contributed by atoms with Gasteiger partial charge in [-0.1, -0.05) is 36.9 Å². The number of carbonyl (C=O) groups is 2. The van der Waals surface area contributed by atoms with Crippen LogP contribution in [0.5, 0.6) is 0 Å². The van der Waals surface area contributed by atoms with Crippen LogP contribution in [0.2, 0.25) is 0 Å². The van der Waals surface area contributed by atoms with Crippen molar-refractivity contribution >= 4 is 23.6 Å². The number of aromatic nitrogens is 3. The van der Waals surface area contributed by atoms with Gasteiger partial charge < -0.3 is 15.1 Å². The Balaban J connectivity index is 1.45. The van der Waals surface area contributed by atoms with Crippen molar-refractivity contribution in [1.29, 1.82) is 0 Å². The van der Waals surface area contributed by atoms with E-state index in [9.17, 15) is 9.59 Å². The summed E-state index contributed by atoms with van der Waals surface area (Å²) in [6, 6.07) is 11.3. The molecular formula is C19H21N5O3S. The molecule has 2 amide bonds. The van der Waals surface area contributed by atoms with E-state index in [4.69, 9.17) is 4.42 Å². The molecule has 9 heteroatoms. The summed E-state index contributed by atoms with van der Waals surface area (Å²) >= 11 is 1.31. The van der Waals surface area contributed by atoms with E-state index in [-0.39, 0.29) is 23.3 Å². The molecule has 8 nitrogen and oxygen atoms in total. The highest BCUT2D eigenvalue weighted by molar-refractivity contribution is 7.99. The van der Waals surface area contributed by atoms with Crippen molar-refractivity contribution in [3.63, 3.8) is 0 Å². The zero-order valence-electron chi connectivity index (χ0n) is 15.4. The van der Waals surface area contributed by atoms with Crippen molar-refractivity contribution in [2.75, 3.05) is 18.8 Å². The number of hydrogen-bond acceptors (Lipinski definition) is 6. The highest BCUT2D eigenvalue weighted by Crippen LogP contribution is 2.22. The van der Waals surface area contributed by atoms with Crippen molar-refractivity contribution in [1.82, 2.24) is 25.4 Å². The van der Waals surface area contributed by atoms with Crippen molar-refractivity contribution in [3.05, 3.63) is 60.3 Å². The third kappa shape index (κ3) is 5.01. The number of thioether (sulfide) groups is 1. The van der Waals surface area contributed by atoms with E-state index >= 15 is 0 Å². The van der Waals surface area contributed by atoms with Gasteiger partial charge in [-0.25, -0.2) is 0 Å². The van der Waals surface area contributed by atoms with Gasteiger partial charge in [0, 0.05) is 13.1 Å². The van der Waals surface area contributed by atoms with Gasteiger partial charge in [0.1, 0.15) is 6.33 Å². The van der Waals surface area contributed by atoms with Crippen LogP contribution in [-0.4, -0.2) is 45.4 Å². The molecule has 0 fully saturated rings. The highest BCUT2D eigenvalue weighted by atomic mass is 32.2. The van der Waals surface area contributed by atoms with Crippen molar-refractivity contribution in [2.45, 2.75) is 18.5 Å². The van der Waals surface area contributed by atoms with E-state index in [0.29, 0.717) is 18.2 Å². The molecule has 0 radical (unpaired) electrons. The van der Waals surface area contributed by atoms with Gasteiger partial charge in [-0.05, 0) is 30.2 Å². The van der Waals surface area contributed by atoms with Gasteiger partial charge in [0.15, 0.2) is 10.9 Å². The number of aryl methyl sites for hydroxylation is 1. The number of carbonyl (C=O) groups excluding carboxylic acids is 2. The fourth-order valence-electron chi connectivity index (χ4n) is 2.59. The summed E-state index contributed by atoms with van der Waals surface area (Å²) in [5.74, 6) is -0.000444. The number of rotatable bonds is 9. The fourth-order valence-corrected chi connectivity index (χ4v) is 3.34. The van der Waals surface area contributed by atoms with Crippen molar-refractivity contribution in [3.8, 4) is 5.69 Å². The van der Waals surface area contributed by atoms with Crippen LogP contribution < -0.4 is 10.6 Å². The van der Waals surface area contributed by atoms with Crippen LogP contribution in [0.4, 0.5) is 0 Å². The van der Waals surface area contributed by atoms with E-state index in [2.05, 4.69) is 33.8 Å². The molecule has 0 aliphatic rings. The van der Waals surface area contributed by atoms with Gasteiger partial charge in [-0.3, -0.25) is 14.2 Å². The van der Waals surface area contributed by atoms with Crippen LogP contribution in [0.3, 0.4) is 0 Å². The highest BCUT2D eigenvalue weighted by Gasteiger charge is 2.12. The fraction of sp³-hybridized carbons (Fsp3) is 0.263. The number of hydrogen-bond donors (Lipinski definition) is 2. The third-order valence-corrected chi connectivity index (χ3v) is 4.90. The van der Waals surface area contributed by atoms with Gasteiger partial charge in [0.25, 0.3) is 5.91 Å². The molecule has 0 unspecified atom stereocenters. The topological polar surface area (TPSA) is 102 Å². The molecule has 28 heavy (non-hydrogen) atoms. The van der Waals surface area contributed by atoms with Gasteiger partial charge in [-0.2, -0.15) is 0 Å². The largest absolute Gasteiger partial charge is 0.459 e. The van der Waals surface area contributed by atoms with E-state index in [1.807, 2.05) is 22.8 Å². The number of amides is 2. The molecule has 0 spiro atoms. The van der Waals surface area contributed by atoms with Crippen molar-refractivity contribution in [2.24, 2.45) is 0 Å². The van der Waals surface area contributed by atoms with E-state index < -0.39 is 0 Å². The van der Waals surface area contributed by atoms with Gasteiger partial charge >= 0.3 is 0 Å². The maximum atomic E-state index is 12.1. The summed E-state index contributed by atoms with van der Waals surface area (Å²) in [6.45, 7) is 2.74. The average Bonchev–Trinajstić information content (AvgIpc) is 3.41. The van der Waals surface area contributed by atoms with Crippen LogP contribution in [0.15, 0.2) is 58.6 Å². The molecule has 0 saturated carbocycles. The molecule has 146 valence electrons. The molecular weight excluding hydrogens is 378 g/mol. The first-order chi connectivity index (χ1) is 13.7. The Morgan fingerprint density at radius 2 is 1.96 bits per heavy atom. The first-order valence-corrected chi connectivity index (χ1v) is 9.87. The van der Waals surface area contributed by atoms with Crippen LogP contribution in [0.1, 0.15) is 23.0 Å². The van der Waals surface area contributed by atoms with Gasteiger partial charge in [0.05, 0.1) is 17.7 Å². The first-order valence-electron chi connectivity index (χ1n) is 8.88. The summed E-state index contributed by atoms with van der Waals surface area (Å²) in [5.41, 5.74) is 2.19. The van der Waals surface area contributed by atoms with Crippen LogP contribution in [-0.2, 0) is 11.2 Å². The molecule has 2 heterocycles. The molecule has 0 bridgehead atoms. The summed E-state index contributed by atoms with van der Waals surface area (Å²) in [7, 11) is 0. The summed E-state index contributed by atoms with van der Waals surface area (Å²) in [4.78, 5) is 23.8. The zero-order valence-corrected chi connectivity index (χ0v) is 16.2. The Hall–Kier alpha value is -3.07. The second kappa shape index (κ2) is 9.75. The minimum Gasteiger partial charge on any atom is -0.459 e. The Morgan fingerprint density at radius 3 is 2.75 bits per heavy atom. The summed E-state index contributed by atoms with van der Waals surface area (Å²) in [5, 5.41) is 14.2. The first kappa shape index (κ1) is 19.7. The number of nitrogens with one attached hydrogen (secondary N) is 2. The predicted octanol–water partition coefficient (Wildman–Crippen LogP) is 2.06. The second-order valence-electron chi connectivity index (χ2n) is 5.84. The quantitative estimate of drug-likeness (QED) is 0.422. The Morgan fingerprint density at radius 1 is 1.14 bits per heavy atom. The maximum Gasteiger partial charge on any atom is 0.287 e. The molecule has 3 aromatic rings. The van der Waals surface area contributed by atoms with E-state index in [0.717, 1.165) is 12.1 Å². The normalized spacial score (nSPS) is 10.6. The molecule has 0 aliphatic carbocycles. The zero-order chi connectivity index (χ0) is 19.8. The van der Waals surface area contributed by atoms with Crippen molar-refractivity contribution < 1.29 is 14.0 Å². The van der Waals surface area contributed by atoms with Gasteiger partial charge in [-0.15, -0.1) is 10.2 Å². The molecule has 1 aromatic carbocycles. The van der Waals surface area contributed by atoms with Gasteiger partial charge in [0.2, 0.25) is 5.91 Å².